The van der Waals surface area contributed by atoms with Gasteiger partial charge in [0.25, 0.3) is 0 Å². The van der Waals surface area contributed by atoms with Crippen LogP contribution in [-0.4, -0.2) is 38.8 Å². The maximum absolute atomic E-state index is 10.9. The average molecular weight is 347 g/mol. The fourth-order valence-electron chi connectivity index (χ4n) is 3.21. The number of rotatable bonds is 4. The molecule has 0 bridgehead atoms. The lowest BCUT2D eigenvalue weighted by molar-refractivity contribution is -0.0373. The molecule has 6 nitrogen and oxygen atoms in total. The minimum absolute atomic E-state index is 0.343. The Labute approximate surface area is 145 Å². The molecule has 126 valence electrons. The third-order valence-corrected chi connectivity index (χ3v) is 4.51. The summed E-state index contributed by atoms with van der Waals surface area (Å²) in [5, 5.41) is 24.5. The van der Waals surface area contributed by atoms with E-state index in [0.717, 1.165) is 18.5 Å². The highest BCUT2D eigenvalue weighted by molar-refractivity contribution is 6.30. The molecule has 0 radical (unpaired) electrons. The van der Waals surface area contributed by atoms with Crippen molar-refractivity contribution in [1.82, 2.24) is 15.0 Å². The zero-order valence-electron chi connectivity index (χ0n) is 13.5. The molecule has 0 amide bonds. The summed E-state index contributed by atoms with van der Waals surface area (Å²) in [5.74, 6) is 1.03. The summed E-state index contributed by atoms with van der Waals surface area (Å²) in [6.45, 7) is 3.74. The lowest BCUT2D eigenvalue weighted by Crippen LogP contribution is -2.49. The van der Waals surface area contributed by atoms with E-state index in [2.05, 4.69) is 21.1 Å². The zero-order chi connectivity index (χ0) is 17.2. The Morgan fingerprint density at radius 2 is 2.33 bits per heavy atom. The van der Waals surface area contributed by atoms with Gasteiger partial charge in [-0.2, -0.15) is 10.2 Å². The number of benzene rings is 1. The topological polar surface area (TPSA) is 86.2 Å². The van der Waals surface area contributed by atoms with Gasteiger partial charge in [0.2, 0.25) is 5.89 Å². The summed E-state index contributed by atoms with van der Waals surface area (Å²) < 4.78 is 5.14. The van der Waals surface area contributed by atoms with Gasteiger partial charge in [-0.25, -0.2) is 0 Å². The summed E-state index contributed by atoms with van der Waals surface area (Å²) in [6, 6.07) is 7.52. The van der Waals surface area contributed by atoms with Gasteiger partial charge >= 0.3 is 0 Å². The first-order valence-electron chi connectivity index (χ1n) is 7.90. The van der Waals surface area contributed by atoms with Crippen molar-refractivity contribution in [2.24, 2.45) is 0 Å². The van der Waals surface area contributed by atoms with Crippen molar-refractivity contribution in [2.45, 2.75) is 38.3 Å². The van der Waals surface area contributed by atoms with Crippen LogP contribution in [0.5, 0.6) is 0 Å². The number of hydrogen-bond acceptors (Lipinski definition) is 6. The van der Waals surface area contributed by atoms with Crippen LogP contribution in [-0.2, 0) is 13.0 Å². The SMILES string of the molecule is Cc1noc(CC2(O)CCCN(Cc3ccc(Cl)cc3C#N)C2)n1. The van der Waals surface area contributed by atoms with Crippen LogP contribution in [0.3, 0.4) is 0 Å². The van der Waals surface area contributed by atoms with Crippen LogP contribution in [0.4, 0.5) is 0 Å². The van der Waals surface area contributed by atoms with Crippen molar-refractivity contribution in [3.05, 3.63) is 46.1 Å². The largest absolute Gasteiger partial charge is 0.388 e. The Kier molecular flexibility index (Phi) is 4.86. The molecule has 1 unspecified atom stereocenters. The first-order valence-corrected chi connectivity index (χ1v) is 8.28. The number of aryl methyl sites for hydroxylation is 1. The third kappa shape index (κ3) is 3.93. The first-order chi connectivity index (χ1) is 11.5. The zero-order valence-corrected chi connectivity index (χ0v) is 14.3. The Morgan fingerprint density at radius 1 is 1.50 bits per heavy atom. The number of piperidine rings is 1. The second-order valence-corrected chi connectivity index (χ2v) is 6.80. The van der Waals surface area contributed by atoms with E-state index in [-0.39, 0.29) is 0 Å². The number of hydrogen-bond donors (Lipinski definition) is 1. The minimum atomic E-state index is -0.892. The van der Waals surface area contributed by atoms with Crippen LogP contribution in [0.15, 0.2) is 22.7 Å². The van der Waals surface area contributed by atoms with Gasteiger partial charge in [0.1, 0.15) is 0 Å². The van der Waals surface area contributed by atoms with Crippen molar-refractivity contribution >= 4 is 11.6 Å². The van der Waals surface area contributed by atoms with Crippen LogP contribution in [0, 0.1) is 18.3 Å². The molecule has 1 saturated heterocycles. The highest BCUT2D eigenvalue weighted by Gasteiger charge is 2.35. The molecule has 0 spiro atoms. The van der Waals surface area contributed by atoms with E-state index in [0.29, 0.717) is 48.2 Å². The second-order valence-electron chi connectivity index (χ2n) is 6.36. The molecule has 2 aromatic rings. The molecule has 1 aromatic heterocycles. The lowest BCUT2D eigenvalue weighted by Gasteiger charge is -2.38. The Balaban J connectivity index is 1.70. The molecule has 1 fully saturated rings. The van der Waals surface area contributed by atoms with Crippen LogP contribution < -0.4 is 0 Å². The molecule has 1 aromatic carbocycles. The van der Waals surface area contributed by atoms with E-state index >= 15 is 0 Å². The summed E-state index contributed by atoms with van der Waals surface area (Å²) in [4.78, 5) is 6.33. The molecule has 1 aliphatic rings. The maximum Gasteiger partial charge on any atom is 0.229 e. The fourth-order valence-corrected chi connectivity index (χ4v) is 3.38. The summed E-state index contributed by atoms with van der Waals surface area (Å²) in [6.07, 6.45) is 1.91. The smallest absolute Gasteiger partial charge is 0.229 e. The number of β-amino-alcohol motifs (C(OH)–C–C–N with tert-alkyl or cyclic N) is 1. The van der Waals surface area contributed by atoms with Gasteiger partial charge in [-0.3, -0.25) is 4.90 Å². The number of nitrogens with zero attached hydrogens (tertiary/aromatic N) is 4. The lowest BCUT2D eigenvalue weighted by atomic mass is 9.89. The molecule has 1 aliphatic heterocycles. The standard InChI is InChI=1S/C17H19ClN4O2/c1-12-20-16(24-21-12)8-17(23)5-2-6-22(11-17)10-13-3-4-15(18)7-14(13)9-19/h3-4,7,23H,2,5-6,8,10-11H2,1H3. The molecule has 7 heteroatoms. The Bertz CT molecular complexity index is 770. The van der Waals surface area contributed by atoms with Gasteiger partial charge < -0.3 is 9.63 Å². The average Bonchev–Trinajstić information content (AvgIpc) is 2.93. The van der Waals surface area contributed by atoms with Gasteiger partial charge in [-0.05, 0) is 44.0 Å². The number of aliphatic hydroxyl groups is 1. The summed E-state index contributed by atoms with van der Waals surface area (Å²) >= 11 is 5.95. The quantitative estimate of drug-likeness (QED) is 0.915. The molecule has 1 N–H and O–H groups in total. The molecular weight excluding hydrogens is 328 g/mol. The van der Waals surface area contributed by atoms with Gasteiger partial charge in [0.15, 0.2) is 5.82 Å². The van der Waals surface area contributed by atoms with Crippen molar-refractivity contribution in [3.63, 3.8) is 0 Å². The number of halogens is 1. The van der Waals surface area contributed by atoms with Gasteiger partial charge in [0, 0.05) is 18.1 Å². The van der Waals surface area contributed by atoms with E-state index < -0.39 is 5.60 Å². The van der Waals surface area contributed by atoms with Crippen molar-refractivity contribution in [2.75, 3.05) is 13.1 Å². The predicted molar refractivity (Wildman–Crippen MR) is 88.4 cm³/mol. The van der Waals surface area contributed by atoms with E-state index in [1.807, 2.05) is 6.07 Å². The number of likely N-dealkylation sites (tertiary alicyclic amines) is 1. The van der Waals surface area contributed by atoms with Crippen molar-refractivity contribution in [3.8, 4) is 6.07 Å². The van der Waals surface area contributed by atoms with Crippen LogP contribution in [0.25, 0.3) is 0 Å². The Morgan fingerprint density at radius 3 is 3.04 bits per heavy atom. The summed E-state index contributed by atoms with van der Waals surface area (Å²) in [7, 11) is 0. The molecular formula is C17H19ClN4O2. The summed E-state index contributed by atoms with van der Waals surface area (Å²) in [5.41, 5.74) is 0.597. The van der Waals surface area contributed by atoms with E-state index in [1.54, 1.807) is 19.1 Å². The second kappa shape index (κ2) is 6.89. The van der Waals surface area contributed by atoms with Crippen molar-refractivity contribution < 1.29 is 9.63 Å². The van der Waals surface area contributed by atoms with Crippen LogP contribution in [0.2, 0.25) is 5.02 Å². The van der Waals surface area contributed by atoms with E-state index in [4.69, 9.17) is 16.1 Å². The van der Waals surface area contributed by atoms with Gasteiger partial charge in [0.05, 0.1) is 23.7 Å². The molecule has 2 heterocycles. The molecule has 24 heavy (non-hydrogen) atoms. The van der Waals surface area contributed by atoms with Gasteiger partial charge in [-0.15, -0.1) is 0 Å². The monoisotopic (exact) mass is 346 g/mol. The Hall–Kier alpha value is -1.94. The van der Waals surface area contributed by atoms with Crippen LogP contribution >= 0.6 is 11.6 Å². The number of aromatic nitrogens is 2. The highest BCUT2D eigenvalue weighted by atomic mass is 35.5. The normalized spacial score (nSPS) is 21.6. The molecule has 1 atom stereocenters. The number of nitriles is 1. The van der Waals surface area contributed by atoms with Gasteiger partial charge in [-0.1, -0.05) is 22.8 Å². The highest BCUT2D eigenvalue weighted by Crippen LogP contribution is 2.27. The minimum Gasteiger partial charge on any atom is -0.388 e. The molecule has 0 aliphatic carbocycles. The molecule has 0 saturated carbocycles. The van der Waals surface area contributed by atoms with E-state index in [9.17, 15) is 10.4 Å². The predicted octanol–water partition coefficient (Wildman–Crippen LogP) is 2.47. The maximum atomic E-state index is 10.9. The third-order valence-electron chi connectivity index (χ3n) is 4.27. The first kappa shape index (κ1) is 16.9. The molecule has 3 rings (SSSR count). The van der Waals surface area contributed by atoms with Crippen molar-refractivity contribution in [1.29, 1.82) is 5.26 Å². The van der Waals surface area contributed by atoms with Crippen LogP contribution in [0.1, 0.15) is 35.7 Å². The fraction of sp³-hybridized carbons (Fsp3) is 0.471. The van der Waals surface area contributed by atoms with E-state index in [1.165, 1.54) is 0 Å².